The van der Waals surface area contributed by atoms with E-state index in [-0.39, 0.29) is 0 Å². The fourth-order valence-corrected chi connectivity index (χ4v) is 1.21. The zero-order valence-corrected chi connectivity index (χ0v) is 5.65. The summed E-state index contributed by atoms with van der Waals surface area (Å²) in [5, 5.41) is 7.25. The summed E-state index contributed by atoms with van der Waals surface area (Å²) in [6.45, 7) is 0. The predicted molar refractivity (Wildman–Crippen MR) is 35.6 cm³/mol. The Bertz CT molecular complexity index is 215. The summed E-state index contributed by atoms with van der Waals surface area (Å²) in [5.74, 6) is 0.705. The Morgan fingerprint density at radius 2 is 2.44 bits per heavy atom. The standard InChI is InChI=1S/C6H7ClN2/c7-6-5(3-8-9-6)4-1-2-4/h3-4H,1-2H2,(H,8,9). The average Bonchev–Trinajstić information content (AvgIpc) is 2.58. The lowest BCUT2D eigenvalue weighted by Crippen LogP contribution is -1.72. The number of H-pyrrole nitrogens is 1. The van der Waals surface area contributed by atoms with Crippen LogP contribution in [0.1, 0.15) is 24.3 Å². The Balaban J connectivity index is 2.35. The van der Waals surface area contributed by atoms with Crippen LogP contribution < -0.4 is 0 Å². The summed E-state index contributed by atoms with van der Waals surface area (Å²) < 4.78 is 0. The fraction of sp³-hybridized carbons (Fsp3) is 0.500. The van der Waals surface area contributed by atoms with E-state index in [0.29, 0.717) is 5.92 Å². The maximum absolute atomic E-state index is 5.76. The van der Waals surface area contributed by atoms with Crippen LogP contribution in [0, 0.1) is 0 Å². The van der Waals surface area contributed by atoms with Crippen LogP contribution in [0.5, 0.6) is 0 Å². The van der Waals surface area contributed by atoms with Gasteiger partial charge in [0.05, 0.1) is 6.20 Å². The molecule has 1 aliphatic carbocycles. The summed E-state index contributed by atoms with van der Waals surface area (Å²) in [5.41, 5.74) is 1.19. The molecule has 3 heteroatoms. The van der Waals surface area contributed by atoms with Crippen molar-refractivity contribution in [2.45, 2.75) is 18.8 Å². The minimum Gasteiger partial charge on any atom is -0.267 e. The van der Waals surface area contributed by atoms with Gasteiger partial charge in [-0.1, -0.05) is 11.6 Å². The molecule has 0 spiro atoms. The number of hydrogen-bond acceptors (Lipinski definition) is 1. The van der Waals surface area contributed by atoms with Crippen molar-refractivity contribution in [3.63, 3.8) is 0 Å². The normalized spacial score (nSPS) is 18.3. The van der Waals surface area contributed by atoms with Gasteiger partial charge in [0.25, 0.3) is 0 Å². The maximum atomic E-state index is 5.76. The third-order valence-electron chi connectivity index (χ3n) is 1.64. The molecule has 0 unspecified atom stereocenters. The lowest BCUT2D eigenvalue weighted by molar-refractivity contribution is 1.09. The van der Waals surface area contributed by atoms with Crippen molar-refractivity contribution in [3.8, 4) is 0 Å². The Morgan fingerprint density at radius 3 is 2.89 bits per heavy atom. The maximum Gasteiger partial charge on any atom is 0.127 e. The Hall–Kier alpha value is -0.500. The zero-order chi connectivity index (χ0) is 6.27. The summed E-state index contributed by atoms with van der Waals surface area (Å²) in [6.07, 6.45) is 4.37. The second kappa shape index (κ2) is 1.74. The molecule has 0 bridgehead atoms. The molecule has 0 saturated heterocycles. The zero-order valence-electron chi connectivity index (χ0n) is 4.89. The van der Waals surface area contributed by atoms with Gasteiger partial charge in [-0.25, -0.2) is 0 Å². The molecule has 1 aromatic rings. The monoisotopic (exact) mass is 142 g/mol. The molecule has 0 aliphatic heterocycles. The molecular weight excluding hydrogens is 136 g/mol. The van der Waals surface area contributed by atoms with Crippen LogP contribution in [0.4, 0.5) is 0 Å². The Morgan fingerprint density at radius 1 is 1.67 bits per heavy atom. The first-order valence-electron chi connectivity index (χ1n) is 3.06. The van der Waals surface area contributed by atoms with Crippen molar-refractivity contribution in [1.82, 2.24) is 10.2 Å². The van der Waals surface area contributed by atoms with Crippen molar-refractivity contribution in [3.05, 3.63) is 16.9 Å². The Labute approximate surface area is 58.2 Å². The molecule has 2 rings (SSSR count). The molecule has 1 N–H and O–H groups in total. The molecule has 1 aliphatic rings. The molecule has 0 radical (unpaired) electrons. The van der Waals surface area contributed by atoms with Crippen LogP contribution >= 0.6 is 11.6 Å². The van der Waals surface area contributed by atoms with Gasteiger partial charge in [-0.3, -0.25) is 5.10 Å². The van der Waals surface area contributed by atoms with Gasteiger partial charge in [0.1, 0.15) is 5.15 Å². The first-order valence-corrected chi connectivity index (χ1v) is 3.44. The van der Waals surface area contributed by atoms with Crippen LogP contribution in [0.3, 0.4) is 0 Å². The topological polar surface area (TPSA) is 28.7 Å². The Kier molecular flexibility index (Phi) is 1.02. The smallest absolute Gasteiger partial charge is 0.127 e. The third-order valence-corrected chi connectivity index (χ3v) is 1.94. The highest BCUT2D eigenvalue weighted by atomic mass is 35.5. The van der Waals surface area contributed by atoms with E-state index in [1.54, 1.807) is 0 Å². The van der Waals surface area contributed by atoms with Crippen LogP contribution in [-0.4, -0.2) is 10.2 Å². The number of nitrogens with zero attached hydrogens (tertiary/aromatic N) is 1. The van der Waals surface area contributed by atoms with Gasteiger partial charge in [-0.2, -0.15) is 5.10 Å². The summed E-state index contributed by atoms with van der Waals surface area (Å²) >= 11 is 5.76. The van der Waals surface area contributed by atoms with Crippen molar-refractivity contribution < 1.29 is 0 Å². The second-order valence-corrected chi connectivity index (χ2v) is 2.79. The fourth-order valence-electron chi connectivity index (χ4n) is 0.959. The van der Waals surface area contributed by atoms with Gasteiger partial charge in [-0.05, 0) is 18.8 Å². The van der Waals surface area contributed by atoms with Crippen molar-refractivity contribution in [2.75, 3.05) is 0 Å². The summed E-state index contributed by atoms with van der Waals surface area (Å²) in [4.78, 5) is 0. The molecule has 48 valence electrons. The first-order chi connectivity index (χ1) is 4.38. The van der Waals surface area contributed by atoms with E-state index in [2.05, 4.69) is 10.2 Å². The van der Waals surface area contributed by atoms with E-state index in [0.717, 1.165) is 5.15 Å². The molecule has 1 saturated carbocycles. The van der Waals surface area contributed by atoms with Crippen molar-refractivity contribution >= 4 is 11.6 Å². The molecular formula is C6H7ClN2. The summed E-state index contributed by atoms with van der Waals surface area (Å²) in [7, 11) is 0. The number of aromatic nitrogens is 2. The predicted octanol–water partition coefficient (Wildman–Crippen LogP) is 1.94. The molecule has 9 heavy (non-hydrogen) atoms. The highest BCUT2D eigenvalue weighted by Gasteiger charge is 2.26. The van der Waals surface area contributed by atoms with E-state index in [1.165, 1.54) is 18.4 Å². The van der Waals surface area contributed by atoms with E-state index >= 15 is 0 Å². The molecule has 0 aromatic carbocycles. The summed E-state index contributed by atoms with van der Waals surface area (Å²) in [6, 6.07) is 0. The SMILES string of the molecule is Clc1[nH]ncc1C1CC1. The van der Waals surface area contributed by atoms with Gasteiger partial charge >= 0.3 is 0 Å². The number of nitrogens with one attached hydrogen (secondary N) is 1. The average molecular weight is 143 g/mol. The number of halogens is 1. The first kappa shape index (κ1) is 5.30. The minimum absolute atomic E-state index is 0.705. The minimum atomic E-state index is 0.705. The molecule has 1 heterocycles. The number of aromatic amines is 1. The largest absolute Gasteiger partial charge is 0.267 e. The van der Waals surface area contributed by atoms with Gasteiger partial charge in [-0.15, -0.1) is 0 Å². The van der Waals surface area contributed by atoms with Gasteiger partial charge in [0.15, 0.2) is 0 Å². The van der Waals surface area contributed by atoms with Crippen molar-refractivity contribution in [1.29, 1.82) is 0 Å². The molecule has 0 amide bonds. The van der Waals surface area contributed by atoms with Gasteiger partial charge < -0.3 is 0 Å². The highest BCUT2D eigenvalue weighted by Crippen LogP contribution is 2.42. The van der Waals surface area contributed by atoms with Gasteiger partial charge in [0, 0.05) is 5.56 Å². The molecule has 2 nitrogen and oxygen atoms in total. The van der Waals surface area contributed by atoms with E-state index in [9.17, 15) is 0 Å². The van der Waals surface area contributed by atoms with Crippen molar-refractivity contribution in [2.24, 2.45) is 0 Å². The second-order valence-electron chi connectivity index (χ2n) is 2.41. The number of rotatable bonds is 1. The molecule has 1 fully saturated rings. The van der Waals surface area contributed by atoms with E-state index < -0.39 is 0 Å². The van der Waals surface area contributed by atoms with Crippen LogP contribution in [0.2, 0.25) is 5.15 Å². The van der Waals surface area contributed by atoms with Gasteiger partial charge in [0.2, 0.25) is 0 Å². The van der Waals surface area contributed by atoms with Crippen LogP contribution in [-0.2, 0) is 0 Å². The number of hydrogen-bond donors (Lipinski definition) is 1. The highest BCUT2D eigenvalue weighted by molar-refractivity contribution is 6.30. The quantitative estimate of drug-likeness (QED) is 0.638. The van der Waals surface area contributed by atoms with Crippen LogP contribution in [0.15, 0.2) is 6.20 Å². The lowest BCUT2D eigenvalue weighted by Gasteiger charge is -1.86. The molecule has 0 atom stereocenters. The van der Waals surface area contributed by atoms with Crippen LogP contribution in [0.25, 0.3) is 0 Å². The van der Waals surface area contributed by atoms with E-state index in [4.69, 9.17) is 11.6 Å². The lowest BCUT2D eigenvalue weighted by atomic mass is 10.2. The molecule has 1 aromatic heterocycles. The third kappa shape index (κ3) is 0.833. The van der Waals surface area contributed by atoms with E-state index in [1.807, 2.05) is 6.20 Å².